The van der Waals surface area contributed by atoms with Crippen molar-refractivity contribution in [2.24, 2.45) is 0 Å². The van der Waals surface area contributed by atoms with Gasteiger partial charge in [0.1, 0.15) is 0 Å². The minimum Gasteiger partial charge on any atom is -0.308 e. The van der Waals surface area contributed by atoms with Crippen molar-refractivity contribution < 1.29 is 0 Å². The fraction of sp³-hybridized carbons (Fsp3) is 0. The Labute approximate surface area is 405 Å². The van der Waals surface area contributed by atoms with Gasteiger partial charge in [0.05, 0.1) is 63.3 Å². The van der Waals surface area contributed by atoms with E-state index in [1.54, 1.807) is 35.6 Å². The minimum absolute atomic E-state index is 0.392. The molecule has 322 valence electrons. The van der Waals surface area contributed by atoms with Gasteiger partial charge in [-0.15, -0.1) is 11.3 Å². The molecule has 9 heteroatoms. The Morgan fingerprint density at radius 3 is 1.44 bits per heavy atom. The molecule has 3 heterocycles. The lowest BCUT2D eigenvalue weighted by Gasteiger charge is -2.17. The van der Waals surface area contributed by atoms with Crippen LogP contribution in [0.1, 0.15) is 22.3 Å². The number of benzene rings is 9. The van der Waals surface area contributed by atoms with Gasteiger partial charge in [0, 0.05) is 47.6 Å². The molecule has 9 aromatic carbocycles. The quantitative estimate of drug-likeness (QED) is 0.155. The van der Waals surface area contributed by atoms with E-state index >= 15 is 0 Å². The molecule has 0 N–H and O–H groups in total. The van der Waals surface area contributed by atoms with Crippen LogP contribution in [0.25, 0.3) is 115 Å². The molecular formula is C61H32N8S. The van der Waals surface area contributed by atoms with Crippen LogP contribution in [0.5, 0.6) is 0 Å². The molecule has 0 atom stereocenters. The van der Waals surface area contributed by atoms with Crippen LogP contribution in [0.2, 0.25) is 0 Å². The lowest BCUT2D eigenvalue weighted by atomic mass is 9.95. The number of fused-ring (bicyclic) bond motifs is 6. The van der Waals surface area contributed by atoms with E-state index in [0.717, 1.165) is 66.4 Å². The summed E-state index contributed by atoms with van der Waals surface area (Å²) in [5.41, 5.74) is 11.8. The summed E-state index contributed by atoms with van der Waals surface area (Å²) in [6.45, 7) is 0. The van der Waals surface area contributed by atoms with E-state index in [1.807, 2.05) is 84.9 Å². The molecule has 0 aliphatic heterocycles. The molecule has 0 amide bonds. The molecule has 0 saturated carbocycles. The zero-order valence-electron chi connectivity index (χ0n) is 37.0. The Balaban J connectivity index is 1.17. The average Bonchev–Trinajstić information content (AvgIpc) is 3.98. The fourth-order valence-electron chi connectivity index (χ4n) is 9.52. The number of nitriles is 4. The monoisotopic (exact) mass is 908 g/mol. The lowest BCUT2D eigenvalue weighted by Crippen LogP contribution is -2.04. The minimum atomic E-state index is 0.392. The SMILES string of the molecule is N#Cc1ccc(-c2ccc3c(c2)c2cc(-c4ccc(C#N)cc4C#N)ccc2n3-c2ccc(-c3cccc4c3sc3ccccc34)cc2-c2nc(-c3ccccc3)nc(-c3ccccc3)n2)c(C#N)c1. The van der Waals surface area contributed by atoms with Gasteiger partial charge in [-0.25, -0.2) is 15.0 Å². The molecule has 12 rings (SSSR count). The molecule has 0 unspecified atom stereocenters. The predicted molar refractivity (Wildman–Crippen MR) is 279 cm³/mol. The van der Waals surface area contributed by atoms with Crippen LogP contribution in [-0.4, -0.2) is 19.5 Å². The molecule has 0 spiro atoms. The van der Waals surface area contributed by atoms with Gasteiger partial charge in [0.2, 0.25) is 0 Å². The third kappa shape index (κ3) is 7.00. The lowest BCUT2D eigenvalue weighted by molar-refractivity contribution is 1.06. The molecule has 12 aromatic rings. The van der Waals surface area contributed by atoms with E-state index in [4.69, 9.17) is 15.0 Å². The van der Waals surface area contributed by atoms with Gasteiger partial charge in [0.25, 0.3) is 0 Å². The van der Waals surface area contributed by atoms with E-state index in [1.165, 1.54) is 20.2 Å². The number of thiophene rings is 1. The highest BCUT2D eigenvalue weighted by Crippen LogP contribution is 2.44. The highest BCUT2D eigenvalue weighted by Gasteiger charge is 2.23. The summed E-state index contributed by atoms with van der Waals surface area (Å²) in [7, 11) is 0. The molecule has 0 aliphatic carbocycles. The van der Waals surface area contributed by atoms with Crippen LogP contribution in [0.4, 0.5) is 0 Å². The maximum atomic E-state index is 10.3. The van der Waals surface area contributed by atoms with Gasteiger partial charge in [-0.3, -0.25) is 0 Å². The van der Waals surface area contributed by atoms with Crippen LogP contribution >= 0.6 is 11.3 Å². The zero-order valence-corrected chi connectivity index (χ0v) is 37.8. The van der Waals surface area contributed by atoms with Crippen molar-refractivity contribution in [3.63, 3.8) is 0 Å². The fourth-order valence-corrected chi connectivity index (χ4v) is 10.8. The van der Waals surface area contributed by atoms with Gasteiger partial charge in [-0.1, -0.05) is 127 Å². The predicted octanol–water partition coefficient (Wildman–Crippen LogP) is 14.8. The number of hydrogen-bond acceptors (Lipinski definition) is 8. The standard InChI is InChI=1S/C61H32N8S/c62-33-37-18-23-46(44(28-37)35-64)41-20-25-54-51(30-41)52-31-42(47-24-19-38(34-63)29-45(47)36-65)21-26-55(52)69(54)56-27-22-43(48-15-9-16-50-49-14-7-8-17-57(49)70-58(48)50)32-53(56)61-67-59(39-10-3-1-4-11-39)66-60(68-61)40-12-5-2-6-13-40/h1-32H. The Bertz CT molecular complexity index is 4100. The Morgan fingerprint density at radius 2 is 0.871 bits per heavy atom. The van der Waals surface area contributed by atoms with Crippen molar-refractivity contribution in [3.05, 3.63) is 216 Å². The van der Waals surface area contributed by atoms with Crippen LogP contribution in [0, 0.1) is 45.3 Å². The third-order valence-electron chi connectivity index (χ3n) is 12.8. The van der Waals surface area contributed by atoms with Gasteiger partial charge in [-0.05, 0) is 100 Å². The van der Waals surface area contributed by atoms with Crippen molar-refractivity contribution in [2.75, 3.05) is 0 Å². The molecule has 8 nitrogen and oxygen atoms in total. The number of hydrogen-bond donors (Lipinski definition) is 0. The summed E-state index contributed by atoms with van der Waals surface area (Å²) in [6.07, 6.45) is 0. The van der Waals surface area contributed by atoms with E-state index in [9.17, 15) is 21.0 Å². The highest BCUT2D eigenvalue weighted by molar-refractivity contribution is 7.26. The van der Waals surface area contributed by atoms with Crippen molar-refractivity contribution in [1.29, 1.82) is 21.0 Å². The van der Waals surface area contributed by atoms with Gasteiger partial charge >= 0.3 is 0 Å². The molecule has 0 aliphatic rings. The normalized spacial score (nSPS) is 11.1. The van der Waals surface area contributed by atoms with E-state index in [-0.39, 0.29) is 0 Å². The Kier molecular flexibility index (Phi) is 10.1. The Morgan fingerprint density at radius 1 is 0.357 bits per heavy atom. The highest BCUT2D eigenvalue weighted by atomic mass is 32.1. The molecule has 0 fully saturated rings. The summed E-state index contributed by atoms with van der Waals surface area (Å²) in [4.78, 5) is 15.6. The van der Waals surface area contributed by atoms with Crippen molar-refractivity contribution in [3.8, 4) is 97.5 Å². The Hall–Kier alpha value is -10.0. The molecular weight excluding hydrogens is 877 g/mol. The van der Waals surface area contributed by atoms with E-state index in [2.05, 4.69) is 114 Å². The molecule has 0 radical (unpaired) electrons. The summed E-state index contributed by atoms with van der Waals surface area (Å²) in [6, 6.07) is 73.0. The van der Waals surface area contributed by atoms with Crippen molar-refractivity contribution >= 4 is 53.3 Å². The number of nitrogens with zero attached hydrogens (tertiary/aromatic N) is 8. The topological polar surface area (TPSA) is 139 Å². The summed E-state index contributed by atoms with van der Waals surface area (Å²) < 4.78 is 4.64. The first-order valence-electron chi connectivity index (χ1n) is 22.4. The van der Waals surface area contributed by atoms with E-state index < -0.39 is 0 Å². The summed E-state index contributed by atoms with van der Waals surface area (Å²) in [5, 5.41) is 44.1. The van der Waals surface area contributed by atoms with E-state index in [0.29, 0.717) is 50.9 Å². The maximum Gasteiger partial charge on any atom is 0.166 e. The molecule has 0 bridgehead atoms. The average molecular weight is 909 g/mol. The number of aromatic nitrogens is 4. The van der Waals surface area contributed by atoms with Crippen LogP contribution in [0.15, 0.2) is 194 Å². The maximum absolute atomic E-state index is 10.3. The van der Waals surface area contributed by atoms with Crippen LogP contribution < -0.4 is 0 Å². The first kappa shape index (κ1) is 41.4. The van der Waals surface area contributed by atoms with Crippen LogP contribution in [0.3, 0.4) is 0 Å². The first-order valence-corrected chi connectivity index (χ1v) is 23.2. The first-order chi connectivity index (χ1) is 34.5. The molecule has 70 heavy (non-hydrogen) atoms. The van der Waals surface area contributed by atoms with Crippen LogP contribution in [-0.2, 0) is 0 Å². The van der Waals surface area contributed by atoms with Crippen molar-refractivity contribution in [2.45, 2.75) is 0 Å². The second-order valence-corrected chi connectivity index (χ2v) is 17.9. The third-order valence-corrected chi connectivity index (χ3v) is 14.0. The zero-order chi connectivity index (χ0) is 47.3. The summed E-state index contributed by atoms with van der Waals surface area (Å²) >= 11 is 1.78. The van der Waals surface area contributed by atoms with Gasteiger partial charge in [0.15, 0.2) is 17.5 Å². The van der Waals surface area contributed by atoms with Gasteiger partial charge < -0.3 is 4.57 Å². The number of rotatable bonds is 7. The van der Waals surface area contributed by atoms with Crippen molar-refractivity contribution in [1.82, 2.24) is 19.5 Å². The summed E-state index contributed by atoms with van der Waals surface area (Å²) in [5.74, 6) is 1.56. The van der Waals surface area contributed by atoms with Gasteiger partial charge in [-0.2, -0.15) is 21.0 Å². The molecule has 3 aromatic heterocycles. The largest absolute Gasteiger partial charge is 0.308 e. The second kappa shape index (κ2) is 17.0. The second-order valence-electron chi connectivity index (χ2n) is 16.8. The molecule has 0 saturated heterocycles. The smallest absolute Gasteiger partial charge is 0.166 e.